The lowest BCUT2D eigenvalue weighted by molar-refractivity contribution is -0.115. The zero-order valence-corrected chi connectivity index (χ0v) is 28.5. The van der Waals surface area contributed by atoms with Crippen molar-refractivity contribution in [3.8, 4) is 5.75 Å². The largest absolute Gasteiger partial charge is 0.494 e. The number of halogens is 3. The second kappa shape index (κ2) is 15.0. The van der Waals surface area contributed by atoms with E-state index in [4.69, 9.17) is 21.2 Å². The standard InChI is InChI=1S/C35H43ClF2N8O3/c1-48-32-19-31(44-10-5-26(6-11-44)45-13-12-43-9-2-3-27(43)21-45)28(42-35(47)4-8-36)18-29(32)41-33-20-34(40-22-39-33)46-30(7-14-49-46)23-15-24(37)17-25(38)16-23/h15-20,22,26-27,30H,2-14,21H2,1H3,(H,42,47)(H,39,40,41)/t27?,30-/m1/s1. The van der Waals surface area contributed by atoms with Gasteiger partial charge in [0.05, 0.1) is 36.8 Å². The van der Waals surface area contributed by atoms with Crippen LogP contribution in [0.1, 0.15) is 50.1 Å². The molecule has 49 heavy (non-hydrogen) atoms. The predicted octanol–water partition coefficient (Wildman–Crippen LogP) is 5.71. The zero-order valence-electron chi connectivity index (χ0n) is 27.7. The molecule has 1 aromatic heterocycles. The van der Waals surface area contributed by atoms with Crippen molar-refractivity contribution in [2.75, 3.05) is 79.5 Å². The van der Waals surface area contributed by atoms with Crippen LogP contribution in [-0.4, -0.2) is 96.6 Å². The van der Waals surface area contributed by atoms with Crippen LogP contribution in [0.25, 0.3) is 0 Å². The van der Waals surface area contributed by atoms with Gasteiger partial charge in [0, 0.05) is 81.7 Å². The highest BCUT2D eigenvalue weighted by Gasteiger charge is 2.35. The first-order valence-corrected chi connectivity index (χ1v) is 17.7. The number of aromatic nitrogens is 2. The number of hydrogen-bond acceptors (Lipinski definition) is 10. The Hall–Kier alpha value is -3.78. The molecule has 4 aliphatic heterocycles. The lowest BCUT2D eigenvalue weighted by Gasteiger charge is -2.45. The molecule has 0 radical (unpaired) electrons. The third kappa shape index (κ3) is 7.54. The second-order valence-corrected chi connectivity index (χ2v) is 13.5. The Bertz CT molecular complexity index is 1620. The lowest BCUT2D eigenvalue weighted by Crippen LogP contribution is -2.55. The number of benzene rings is 2. The van der Waals surface area contributed by atoms with E-state index in [0.717, 1.165) is 50.8 Å². The van der Waals surface area contributed by atoms with Gasteiger partial charge in [0.1, 0.15) is 29.5 Å². The number of rotatable bonds is 10. The van der Waals surface area contributed by atoms with Gasteiger partial charge in [0.15, 0.2) is 5.82 Å². The van der Waals surface area contributed by atoms with E-state index in [-0.39, 0.29) is 18.2 Å². The molecule has 4 fully saturated rings. The van der Waals surface area contributed by atoms with Gasteiger partial charge in [0.25, 0.3) is 0 Å². The van der Waals surface area contributed by atoms with Crippen LogP contribution in [0.4, 0.5) is 37.5 Å². The number of piperazine rings is 1. The number of methoxy groups -OCH3 is 1. The van der Waals surface area contributed by atoms with E-state index in [0.29, 0.717) is 59.4 Å². The molecule has 7 rings (SSSR count). The summed E-state index contributed by atoms with van der Waals surface area (Å²) in [6.45, 7) is 6.80. The van der Waals surface area contributed by atoms with Crippen molar-refractivity contribution in [3.63, 3.8) is 0 Å². The summed E-state index contributed by atoms with van der Waals surface area (Å²) < 4.78 is 33.9. The fraction of sp³-hybridized carbons (Fsp3) is 0.514. The SMILES string of the molecule is COc1cc(N2CCC(N3CCN4CCCC4C3)CC2)c(NC(=O)CCCl)cc1Nc1cc(N2OCC[C@@H]2c2cc(F)cc(F)c2)ncn1. The first kappa shape index (κ1) is 33.7. The summed E-state index contributed by atoms with van der Waals surface area (Å²) in [5.41, 5.74) is 2.59. The topological polar surface area (TPSA) is 98.3 Å². The van der Waals surface area contributed by atoms with Crippen LogP contribution < -0.4 is 25.3 Å². The molecule has 2 atom stereocenters. The number of hydroxylamine groups is 1. The zero-order chi connectivity index (χ0) is 33.9. The number of nitrogens with zero attached hydrogens (tertiary/aromatic N) is 6. The van der Waals surface area contributed by atoms with Crippen molar-refractivity contribution >= 4 is 46.2 Å². The molecule has 262 valence electrons. The van der Waals surface area contributed by atoms with E-state index in [1.807, 2.05) is 12.1 Å². The first-order chi connectivity index (χ1) is 23.9. The molecule has 0 spiro atoms. The number of amides is 1. The van der Waals surface area contributed by atoms with Crippen LogP contribution in [0.5, 0.6) is 5.75 Å². The lowest BCUT2D eigenvalue weighted by atomic mass is 9.99. The van der Waals surface area contributed by atoms with Gasteiger partial charge in [-0.1, -0.05) is 0 Å². The Kier molecular flexibility index (Phi) is 10.3. The third-order valence-corrected chi connectivity index (χ3v) is 10.4. The highest BCUT2D eigenvalue weighted by Crippen LogP contribution is 2.41. The van der Waals surface area contributed by atoms with Crippen molar-refractivity contribution in [2.24, 2.45) is 0 Å². The fourth-order valence-electron chi connectivity index (χ4n) is 7.75. The number of hydrogen-bond donors (Lipinski definition) is 2. The van der Waals surface area contributed by atoms with E-state index in [1.165, 1.54) is 44.4 Å². The fourth-order valence-corrected chi connectivity index (χ4v) is 7.93. The Morgan fingerprint density at radius 3 is 2.51 bits per heavy atom. The predicted molar refractivity (Wildman–Crippen MR) is 186 cm³/mol. The number of nitrogens with one attached hydrogen (secondary N) is 2. The van der Waals surface area contributed by atoms with Crippen LogP contribution in [0.15, 0.2) is 42.7 Å². The number of carbonyl (C=O) groups excluding carboxylic acids is 1. The second-order valence-electron chi connectivity index (χ2n) is 13.2. The number of carbonyl (C=O) groups is 1. The molecule has 0 saturated carbocycles. The van der Waals surface area contributed by atoms with Crippen LogP contribution >= 0.6 is 11.6 Å². The molecule has 1 amide bonds. The molecular weight excluding hydrogens is 654 g/mol. The Labute approximate surface area is 290 Å². The number of piperidine rings is 1. The van der Waals surface area contributed by atoms with Crippen LogP contribution in [-0.2, 0) is 9.63 Å². The maximum absolute atomic E-state index is 14.0. The van der Waals surface area contributed by atoms with E-state index in [2.05, 4.69) is 35.3 Å². The number of fused-ring (bicyclic) bond motifs is 1. The van der Waals surface area contributed by atoms with E-state index in [9.17, 15) is 13.6 Å². The summed E-state index contributed by atoms with van der Waals surface area (Å²) in [6.07, 6.45) is 6.83. The molecule has 2 N–H and O–H groups in total. The van der Waals surface area contributed by atoms with Gasteiger partial charge in [-0.25, -0.2) is 23.8 Å². The first-order valence-electron chi connectivity index (χ1n) is 17.2. The molecule has 2 aromatic carbocycles. The van der Waals surface area contributed by atoms with Gasteiger partial charge in [-0.3, -0.25) is 19.4 Å². The van der Waals surface area contributed by atoms with Crippen molar-refractivity contribution < 1.29 is 23.1 Å². The van der Waals surface area contributed by atoms with Crippen molar-refractivity contribution in [3.05, 3.63) is 59.9 Å². The molecule has 1 unspecified atom stereocenters. The summed E-state index contributed by atoms with van der Waals surface area (Å²) in [4.78, 5) is 35.2. The molecule has 4 saturated heterocycles. The Balaban J connectivity index is 1.10. The van der Waals surface area contributed by atoms with Gasteiger partial charge < -0.3 is 20.3 Å². The number of ether oxygens (including phenoxy) is 1. The quantitative estimate of drug-likeness (QED) is 0.257. The minimum atomic E-state index is -0.650. The summed E-state index contributed by atoms with van der Waals surface area (Å²) in [5.74, 6) is 0.187. The average molecular weight is 697 g/mol. The molecule has 3 aromatic rings. The Morgan fingerprint density at radius 2 is 1.73 bits per heavy atom. The molecule has 14 heteroatoms. The average Bonchev–Trinajstić information content (AvgIpc) is 3.79. The van der Waals surface area contributed by atoms with Gasteiger partial charge in [-0.15, -0.1) is 11.6 Å². The normalized spacial score (nSPS) is 22.0. The van der Waals surface area contributed by atoms with E-state index >= 15 is 0 Å². The molecule has 0 bridgehead atoms. The minimum Gasteiger partial charge on any atom is -0.494 e. The van der Waals surface area contributed by atoms with Gasteiger partial charge in [-0.2, -0.15) is 0 Å². The molecule has 0 aliphatic carbocycles. The van der Waals surface area contributed by atoms with Crippen molar-refractivity contribution in [1.82, 2.24) is 19.8 Å². The van der Waals surface area contributed by atoms with Gasteiger partial charge >= 0.3 is 0 Å². The maximum Gasteiger partial charge on any atom is 0.225 e. The highest BCUT2D eigenvalue weighted by molar-refractivity contribution is 6.19. The summed E-state index contributed by atoms with van der Waals surface area (Å²) in [6, 6.07) is 9.80. The number of alkyl halides is 1. The van der Waals surface area contributed by atoms with Crippen LogP contribution in [0.2, 0.25) is 0 Å². The summed E-state index contributed by atoms with van der Waals surface area (Å²) in [7, 11) is 1.61. The van der Waals surface area contributed by atoms with Crippen LogP contribution in [0.3, 0.4) is 0 Å². The van der Waals surface area contributed by atoms with Crippen molar-refractivity contribution in [2.45, 2.75) is 56.7 Å². The van der Waals surface area contributed by atoms with Gasteiger partial charge in [-0.05, 0) is 56.0 Å². The molecular formula is C35H43ClF2N8O3. The molecule has 5 heterocycles. The molecule has 4 aliphatic rings. The van der Waals surface area contributed by atoms with Crippen molar-refractivity contribution in [1.29, 1.82) is 0 Å². The third-order valence-electron chi connectivity index (χ3n) is 10.2. The highest BCUT2D eigenvalue weighted by atomic mass is 35.5. The van der Waals surface area contributed by atoms with Crippen LogP contribution in [0, 0.1) is 11.6 Å². The summed E-state index contributed by atoms with van der Waals surface area (Å²) in [5, 5.41) is 7.95. The minimum absolute atomic E-state index is 0.174. The smallest absolute Gasteiger partial charge is 0.225 e. The van der Waals surface area contributed by atoms with E-state index in [1.54, 1.807) is 18.2 Å². The monoisotopic (exact) mass is 696 g/mol. The molecule has 11 nitrogen and oxygen atoms in total. The maximum atomic E-state index is 14.0. The Morgan fingerprint density at radius 1 is 0.939 bits per heavy atom. The van der Waals surface area contributed by atoms with E-state index < -0.39 is 17.7 Å². The number of anilines is 5. The summed E-state index contributed by atoms with van der Waals surface area (Å²) >= 11 is 5.92. The van der Waals surface area contributed by atoms with Gasteiger partial charge in [0.2, 0.25) is 5.91 Å².